The van der Waals surface area contributed by atoms with Gasteiger partial charge in [-0.3, -0.25) is 0 Å². The molecule has 1 aliphatic heterocycles. The van der Waals surface area contributed by atoms with Crippen LogP contribution in [0.1, 0.15) is 17.5 Å². The Morgan fingerprint density at radius 2 is 2.07 bits per heavy atom. The molecule has 1 aromatic rings. The number of hydrogen-bond acceptors (Lipinski definition) is 2. The summed E-state index contributed by atoms with van der Waals surface area (Å²) >= 11 is 0. The first-order chi connectivity index (χ1) is 7.28. The van der Waals surface area contributed by atoms with Crippen molar-refractivity contribution in [3.63, 3.8) is 0 Å². The molecule has 0 amide bonds. The van der Waals surface area contributed by atoms with Crippen molar-refractivity contribution in [2.75, 3.05) is 18.0 Å². The van der Waals surface area contributed by atoms with E-state index in [-0.39, 0.29) is 6.61 Å². The standard InChI is InChI=1S/C13H17NO/c1-9-2-3-10(8-15)4-13(9)14-6-11-5-12(11)7-14/h2-4,11-12,15H,5-8H2,1H3. The van der Waals surface area contributed by atoms with Crippen LogP contribution in [0.5, 0.6) is 0 Å². The van der Waals surface area contributed by atoms with E-state index in [1.54, 1.807) is 0 Å². The van der Waals surface area contributed by atoms with Gasteiger partial charge in [0, 0.05) is 18.8 Å². The second-order valence-electron chi connectivity index (χ2n) is 4.94. The number of nitrogens with zero attached hydrogens (tertiary/aromatic N) is 1. The number of fused-ring (bicyclic) bond motifs is 1. The highest BCUT2D eigenvalue weighted by Crippen LogP contribution is 2.46. The van der Waals surface area contributed by atoms with Gasteiger partial charge in [0.2, 0.25) is 0 Å². The smallest absolute Gasteiger partial charge is 0.0682 e. The van der Waals surface area contributed by atoms with Crippen molar-refractivity contribution < 1.29 is 5.11 Å². The molecule has 2 aliphatic rings. The van der Waals surface area contributed by atoms with E-state index in [0.29, 0.717) is 0 Å². The van der Waals surface area contributed by atoms with Crippen molar-refractivity contribution in [2.45, 2.75) is 20.0 Å². The monoisotopic (exact) mass is 203 g/mol. The molecule has 0 bridgehead atoms. The van der Waals surface area contributed by atoms with Gasteiger partial charge >= 0.3 is 0 Å². The maximum absolute atomic E-state index is 9.14. The van der Waals surface area contributed by atoms with E-state index in [4.69, 9.17) is 5.11 Å². The van der Waals surface area contributed by atoms with Crippen molar-refractivity contribution in [1.29, 1.82) is 0 Å². The lowest BCUT2D eigenvalue weighted by atomic mass is 10.1. The zero-order valence-corrected chi connectivity index (χ0v) is 9.11. The highest BCUT2D eigenvalue weighted by Gasteiger charge is 2.45. The summed E-state index contributed by atoms with van der Waals surface area (Å²) in [5.74, 6) is 1.92. The predicted molar refractivity (Wildman–Crippen MR) is 60.9 cm³/mol. The number of anilines is 1. The van der Waals surface area contributed by atoms with Crippen molar-refractivity contribution >= 4 is 5.69 Å². The fraction of sp³-hybridized carbons (Fsp3) is 0.538. The minimum atomic E-state index is 0.147. The van der Waals surface area contributed by atoms with Crippen LogP contribution in [0.2, 0.25) is 0 Å². The third kappa shape index (κ3) is 1.53. The number of hydrogen-bond donors (Lipinski definition) is 1. The number of aryl methyl sites for hydroxylation is 1. The summed E-state index contributed by atoms with van der Waals surface area (Å²) in [6.07, 6.45) is 1.44. The van der Waals surface area contributed by atoms with Crippen LogP contribution in [0, 0.1) is 18.8 Å². The topological polar surface area (TPSA) is 23.5 Å². The number of rotatable bonds is 2. The van der Waals surface area contributed by atoms with Crippen molar-refractivity contribution in [1.82, 2.24) is 0 Å². The molecule has 2 heteroatoms. The molecule has 1 heterocycles. The van der Waals surface area contributed by atoms with Gasteiger partial charge in [0.25, 0.3) is 0 Å². The molecule has 1 aromatic carbocycles. The molecule has 2 fully saturated rings. The van der Waals surface area contributed by atoms with Crippen LogP contribution in [0.25, 0.3) is 0 Å². The average Bonchev–Trinajstić information content (AvgIpc) is 2.87. The molecule has 0 aromatic heterocycles. The summed E-state index contributed by atoms with van der Waals surface area (Å²) in [4.78, 5) is 2.48. The van der Waals surface area contributed by atoms with Gasteiger partial charge in [-0.2, -0.15) is 0 Å². The zero-order chi connectivity index (χ0) is 10.4. The summed E-state index contributed by atoms with van der Waals surface area (Å²) in [6, 6.07) is 6.26. The summed E-state index contributed by atoms with van der Waals surface area (Å²) < 4.78 is 0. The maximum Gasteiger partial charge on any atom is 0.0682 e. The van der Waals surface area contributed by atoms with E-state index < -0.39 is 0 Å². The quantitative estimate of drug-likeness (QED) is 0.794. The van der Waals surface area contributed by atoms with Crippen LogP contribution in [-0.2, 0) is 6.61 Å². The minimum absolute atomic E-state index is 0.147. The molecule has 2 atom stereocenters. The van der Waals surface area contributed by atoms with E-state index in [1.807, 2.05) is 6.07 Å². The van der Waals surface area contributed by atoms with E-state index in [9.17, 15) is 0 Å². The van der Waals surface area contributed by atoms with Gasteiger partial charge in [0.1, 0.15) is 0 Å². The molecule has 1 saturated carbocycles. The van der Waals surface area contributed by atoms with E-state index in [2.05, 4.69) is 24.0 Å². The Bertz CT molecular complexity index is 378. The van der Waals surface area contributed by atoms with Gasteiger partial charge in [-0.1, -0.05) is 12.1 Å². The van der Waals surface area contributed by atoms with Crippen LogP contribution in [0.4, 0.5) is 5.69 Å². The predicted octanol–water partition coefficient (Wildman–Crippen LogP) is 1.94. The van der Waals surface area contributed by atoms with Crippen LogP contribution >= 0.6 is 0 Å². The fourth-order valence-electron chi connectivity index (χ4n) is 2.69. The Hall–Kier alpha value is -1.02. The molecule has 2 unspecified atom stereocenters. The van der Waals surface area contributed by atoms with E-state index >= 15 is 0 Å². The Morgan fingerprint density at radius 1 is 1.33 bits per heavy atom. The van der Waals surface area contributed by atoms with Crippen molar-refractivity contribution in [2.24, 2.45) is 11.8 Å². The SMILES string of the molecule is Cc1ccc(CO)cc1N1CC2CC2C1. The second kappa shape index (κ2) is 3.24. The molecule has 3 rings (SSSR count). The van der Waals surface area contributed by atoms with Gasteiger partial charge in [0.15, 0.2) is 0 Å². The average molecular weight is 203 g/mol. The van der Waals surface area contributed by atoms with Gasteiger partial charge < -0.3 is 10.0 Å². The molecule has 0 spiro atoms. The Labute approximate surface area is 90.5 Å². The molecular formula is C13H17NO. The number of aliphatic hydroxyl groups excluding tert-OH is 1. The number of aliphatic hydroxyl groups is 1. The molecule has 15 heavy (non-hydrogen) atoms. The zero-order valence-electron chi connectivity index (χ0n) is 9.11. The molecule has 2 nitrogen and oxygen atoms in total. The number of benzene rings is 1. The van der Waals surface area contributed by atoms with E-state index in [0.717, 1.165) is 17.4 Å². The Morgan fingerprint density at radius 3 is 2.73 bits per heavy atom. The molecule has 1 N–H and O–H groups in total. The first kappa shape index (κ1) is 9.22. The maximum atomic E-state index is 9.14. The van der Waals surface area contributed by atoms with Crippen molar-refractivity contribution in [3.05, 3.63) is 29.3 Å². The second-order valence-corrected chi connectivity index (χ2v) is 4.94. The fourth-order valence-corrected chi connectivity index (χ4v) is 2.69. The highest BCUT2D eigenvalue weighted by molar-refractivity contribution is 5.56. The Kier molecular flexibility index (Phi) is 1.99. The molecule has 0 radical (unpaired) electrons. The van der Waals surface area contributed by atoms with Crippen LogP contribution in [-0.4, -0.2) is 18.2 Å². The lowest BCUT2D eigenvalue weighted by molar-refractivity contribution is 0.282. The lowest BCUT2D eigenvalue weighted by Crippen LogP contribution is -2.22. The summed E-state index contributed by atoms with van der Waals surface area (Å²) in [6.45, 7) is 4.75. The van der Waals surface area contributed by atoms with Crippen LogP contribution in [0.3, 0.4) is 0 Å². The van der Waals surface area contributed by atoms with Crippen LogP contribution in [0.15, 0.2) is 18.2 Å². The van der Waals surface area contributed by atoms with Gasteiger partial charge in [-0.15, -0.1) is 0 Å². The molecule has 1 aliphatic carbocycles. The number of piperidine rings is 1. The van der Waals surface area contributed by atoms with Gasteiger partial charge in [-0.05, 0) is 42.4 Å². The highest BCUT2D eigenvalue weighted by atomic mass is 16.3. The molecular weight excluding hydrogens is 186 g/mol. The van der Waals surface area contributed by atoms with Crippen molar-refractivity contribution in [3.8, 4) is 0 Å². The largest absolute Gasteiger partial charge is 0.392 e. The Balaban J connectivity index is 1.89. The first-order valence-corrected chi connectivity index (χ1v) is 5.73. The first-order valence-electron chi connectivity index (χ1n) is 5.73. The summed E-state index contributed by atoms with van der Waals surface area (Å²) in [5, 5.41) is 9.14. The third-order valence-corrected chi connectivity index (χ3v) is 3.78. The molecule has 1 saturated heterocycles. The normalized spacial score (nSPS) is 28.0. The summed E-state index contributed by atoms with van der Waals surface area (Å²) in [5.41, 5.74) is 3.68. The third-order valence-electron chi connectivity index (χ3n) is 3.78. The van der Waals surface area contributed by atoms with Crippen LogP contribution < -0.4 is 4.90 Å². The van der Waals surface area contributed by atoms with Gasteiger partial charge in [-0.25, -0.2) is 0 Å². The van der Waals surface area contributed by atoms with Gasteiger partial charge in [0.05, 0.1) is 6.61 Å². The molecule has 80 valence electrons. The minimum Gasteiger partial charge on any atom is -0.392 e. The summed E-state index contributed by atoms with van der Waals surface area (Å²) in [7, 11) is 0. The van der Waals surface area contributed by atoms with E-state index in [1.165, 1.54) is 30.8 Å². The lowest BCUT2D eigenvalue weighted by Gasteiger charge is -2.23.